The lowest BCUT2D eigenvalue weighted by atomic mass is 9.93. The topological polar surface area (TPSA) is 585 Å². The number of hydrogen-bond acceptors (Lipinski definition) is 29. The Bertz CT molecular complexity index is 2580. The first-order valence-electron chi connectivity index (χ1n) is 37.0. The van der Waals surface area contributed by atoms with Crippen molar-refractivity contribution in [2.75, 3.05) is 132 Å². The molecule has 3 aliphatic heterocycles. The SMILES string of the molecule is CNC(=O)CCCC(=O)NC(COCCC(=O)NCCCNC(=O)CCCCOC[C@@H]1OC(CO)[C@H](O)C(O)[C@@H]1NC(C)=O)(COCCC(=O)NCCCNC(=O)CCCCO[C@@H]1OC(CO)C(O)[C@@H](O)[C@@H]1NC(C)=O)COCCC(=O)NCCCNC(=O)CCCCO[C@@H]1OC(CO)[C@H](O)C(O)[C@@H]1NC(C)=O. The van der Waals surface area contributed by atoms with Gasteiger partial charge >= 0.3 is 0 Å². The number of carbonyl (C=O) groups is 11. The lowest BCUT2D eigenvalue weighted by molar-refractivity contribution is -0.270. The number of unbranched alkanes of at least 4 members (excludes halogenated alkanes) is 3. The molecule has 7 unspecified atom stereocenters. The average Bonchev–Trinajstić information content (AvgIpc) is 0.821. The molecule has 3 fully saturated rings. The number of aliphatic hydroxyl groups is 9. The molecule has 0 radical (unpaired) electrons. The molecule has 108 heavy (non-hydrogen) atoms. The molecular formula is C68H121N11O29. The predicted molar refractivity (Wildman–Crippen MR) is 377 cm³/mol. The number of ether oxygens (including phenoxy) is 9. The van der Waals surface area contributed by atoms with Gasteiger partial charge in [-0.3, -0.25) is 52.7 Å². The molecule has 0 saturated carbocycles. The van der Waals surface area contributed by atoms with Gasteiger partial charge in [0.15, 0.2) is 12.6 Å². The Balaban J connectivity index is 1.49. The first-order valence-corrected chi connectivity index (χ1v) is 37.0. The summed E-state index contributed by atoms with van der Waals surface area (Å²) < 4.78 is 51.8. The summed E-state index contributed by atoms with van der Waals surface area (Å²) in [7, 11) is 1.46. The fourth-order valence-electron chi connectivity index (χ4n) is 11.4. The van der Waals surface area contributed by atoms with Crippen LogP contribution in [0.25, 0.3) is 0 Å². The standard InChI is InChI=1S/C68H121N11O29/c1-42(83)76-57-48(106-45(35-80)60(94)63(57)97)38-100-29-8-5-15-50(87)70-23-12-26-73-53(90)20-32-101-39-68(79-56(93)19-11-18-49(86)69-4,40-102-33-21-54(91)74-27-13-24-71-51(88)16-6-9-30-104-66-58(77-43(2)84)64(98)61(95)46(36-81)107-66)41-103-34-22-55(92)75-28-14-25-72-52(89)17-7-10-31-105-67-59(78-44(3)85)65(99)62(96)47(37-82)108-67/h45-48,57-67,80-82,94-99H,5-41H2,1-4H3,(H,69,86)(H,70,87)(H,71,88)(H,72,89)(H,73,90)(H,74,91)(H,75,92)(H,76,83)(H,77,84)(H,78,85)(H,79,93)/t45?,46?,47?,48-,57+,58-,59-,60-,61-,62?,63?,64?,65-,66+,67+,68?/m0/s1. The highest BCUT2D eigenvalue weighted by atomic mass is 16.7. The van der Waals surface area contributed by atoms with Crippen molar-refractivity contribution in [3.8, 4) is 0 Å². The van der Waals surface area contributed by atoms with E-state index in [1.54, 1.807) is 0 Å². The number of aliphatic hydroxyl groups excluding tert-OH is 9. The van der Waals surface area contributed by atoms with E-state index in [4.69, 9.17) is 42.6 Å². The second-order valence-electron chi connectivity index (χ2n) is 26.6. The van der Waals surface area contributed by atoms with E-state index in [2.05, 4.69) is 58.5 Å². The van der Waals surface area contributed by atoms with Crippen molar-refractivity contribution in [3.63, 3.8) is 0 Å². The van der Waals surface area contributed by atoms with E-state index in [0.29, 0.717) is 57.8 Å². The van der Waals surface area contributed by atoms with Crippen LogP contribution in [0.2, 0.25) is 0 Å². The maximum absolute atomic E-state index is 13.6. The molecule has 11 amide bonds. The minimum atomic E-state index is -1.48. The molecule has 20 N–H and O–H groups in total. The predicted octanol–water partition coefficient (Wildman–Crippen LogP) is -7.72. The molecule has 3 aliphatic rings. The van der Waals surface area contributed by atoms with Crippen molar-refractivity contribution in [1.29, 1.82) is 0 Å². The number of amides is 11. The molecule has 0 aromatic heterocycles. The summed E-state index contributed by atoms with van der Waals surface area (Å²) in [6.07, 6.45) is -11.3. The summed E-state index contributed by atoms with van der Waals surface area (Å²) in [5.41, 5.74) is -1.48. The maximum atomic E-state index is 13.6. The van der Waals surface area contributed by atoms with Crippen molar-refractivity contribution < 1.29 is 141 Å². The third kappa shape index (κ3) is 38.9. The van der Waals surface area contributed by atoms with Crippen LogP contribution >= 0.6 is 0 Å². The third-order valence-electron chi connectivity index (χ3n) is 17.3. The molecule has 0 aromatic carbocycles. The molecule has 40 heteroatoms. The molecule has 40 nitrogen and oxygen atoms in total. The van der Waals surface area contributed by atoms with E-state index in [-0.39, 0.29) is 193 Å². The molecule has 3 heterocycles. The minimum Gasteiger partial charge on any atom is -0.394 e. The van der Waals surface area contributed by atoms with E-state index in [0.717, 1.165) is 0 Å². The quantitative estimate of drug-likeness (QED) is 0.0252. The smallest absolute Gasteiger partial charge is 0.222 e. The van der Waals surface area contributed by atoms with Crippen LogP contribution in [0, 0.1) is 0 Å². The number of nitrogens with one attached hydrogen (secondary N) is 11. The first-order chi connectivity index (χ1) is 51.7. The van der Waals surface area contributed by atoms with Gasteiger partial charge in [0.25, 0.3) is 0 Å². The average molecular weight is 1560 g/mol. The monoisotopic (exact) mass is 1560 g/mol. The van der Waals surface area contributed by atoms with Crippen LogP contribution < -0.4 is 58.5 Å². The summed E-state index contributed by atoms with van der Waals surface area (Å²) >= 11 is 0. The first kappa shape index (κ1) is 95.7. The van der Waals surface area contributed by atoms with Crippen LogP contribution in [0.4, 0.5) is 0 Å². The van der Waals surface area contributed by atoms with Gasteiger partial charge in [-0.1, -0.05) is 0 Å². The van der Waals surface area contributed by atoms with Crippen molar-refractivity contribution >= 4 is 65.0 Å². The molecule has 3 rings (SSSR count). The highest BCUT2D eigenvalue weighted by Gasteiger charge is 2.48. The molecule has 0 bridgehead atoms. The van der Waals surface area contributed by atoms with Crippen molar-refractivity contribution in [3.05, 3.63) is 0 Å². The van der Waals surface area contributed by atoms with Crippen molar-refractivity contribution in [1.82, 2.24) is 58.5 Å². The lowest BCUT2D eigenvalue weighted by Crippen LogP contribution is -2.65. The zero-order chi connectivity index (χ0) is 79.8. The Morgan fingerprint density at radius 3 is 1.00 bits per heavy atom. The second-order valence-corrected chi connectivity index (χ2v) is 26.6. The Hall–Kier alpha value is -6.55. The number of rotatable bonds is 57. The zero-order valence-corrected chi connectivity index (χ0v) is 62.5. The van der Waals surface area contributed by atoms with Crippen molar-refractivity contribution in [2.24, 2.45) is 0 Å². The van der Waals surface area contributed by atoms with Gasteiger partial charge in [0.05, 0.1) is 72.1 Å². The third-order valence-corrected chi connectivity index (χ3v) is 17.3. The highest BCUT2D eigenvalue weighted by molar-refractivity contribution is 5.80. The second kappa shape index (κ2) is 55.0. The number of carbonyl (C=O) groups excluding carboxylic acids is 11. The van der Waals surface area contributed by atoms with Gasteiger partial charge in [-0.15, -0.1) is 0 Å². The molecule has 3 saturated heterocycles. The van der Waals surface area contributed by atoms with Crippen LogP contribution in [-0.4, -0.2) is 340 Å². The summed E-state index contributed by atoms with van der Waals surface area (Å²) in [5.74, 6) is -4.17. The van der Waals surface area contributed by atoms with Gasteiger partial charge in [-0.05, 0) is 64.2 Å². The largest absolute Gasteiger partial charge is 0.394 e. The molecule has 622 valence electrons. The van der Waals surface area contributed by atoms with E-state index in [1.165, 1.54) is 27.8 Å². The maximum Gasteiger partial charge on any atom is 0.222 e. The normalized spacial score (nSPS) is 24.5. The molecular weight excluding hydrogens is 1430 g/mol. The van der Waals surface area contributed by atoms with Gasteiger partial charge in [-0.25, -0.2) is 0 Å². The van der Waals surface area contributed by atoms with Gasteiger partial charge in [0.1, 0.15) is 78.7 Å². The summed E-state index contributed by atoms with van der Waals surface area (Å²) in [4.78, 5) is 137. The summed E-state index contributed by atoms with van der Waals surface area (Å²) in [6.45, 7) is 2.26. The Kier molecular flexibility index (Phi) is 48.7. The molecule has 16 atom stereocenters. The molecule has 0 spiro atoms. The fraction of sp³-hybridized carbons (Fsp3) is 0.838. The molecule has 0 aliphatic carbocycles. The summed E-state index contributed by atoms with van der Waals surface area (Å²) in [6, 6.07) is -3.16. The van der Waals surface area contributed by atoms with E-state index in [9.17, 15) is 98.7 Å². The van der Waals surface area contributed by atoms with E-state index in [1.807, 2.05) is 0 Å². The van der Waals surface area contributed by atoms with Gasteiger partial charge in [0, 0.05) is 138 Å². The van der Waals surface area contributed by atoms with Crippen LogP contribution in [0.15, 0.2) is 0 Å². The fourth-order valence-corrected chi connectivity index (χ4v) is 11.4. The lowest BCUT2D eigenvalue weighted by Gasteiger charge is -2.42. The number of hydrogen-bond donors (Lipinski definition) is 20. The summed E-state index contributed by atoms with van der Waals surface area (Å²) in [5, 5.41) is 120. The van der Waals surface area contributed by atoms with E-state index >= 15 is 0 Å². The van der Waals surface area contributed by atoms with E-state index < -0.39 is 153 Å². The Morgan fingerprint density at radius 2 is 0.648 bits per heavy atom. The highest BCUT2D eigenvalue weighted by Crippen LogP contribution is 2.26. The van der Waals surface area contributed by atoms with Crippen LogP contribution in [0.3, 0.4) is 0 Å². The van der Waals surface area contributed by atoms with Crippen LogP contribution in [-0.2, 0) is 95.4 Å². The van der Waals surface area contributed by atoms with Crippen LogP contribution in [0.1, 0.15) is 136 Å². The van der Waals surface area contributed by atoms with Crippen LogP contribution in [0.5, 0.6) is 0 Å². The zero-order valence-electron chi connectivity index (χ0n) is 62.5. The van der Waals surface area contributed by atoms with Gasteiger partial charge in [-0.2, -0.15) is 0 Å². The molecule has 0 aromatic rings. The Morgan fingerprint density at radius 1 is 0.333 bits per heavy atom. The van der Waals surface area contributed by atoms with Gasteiger partial charge in [0.2, 0.25) is 65.0 Å². The Labute approximate surface area is 628 Å². The van der Waals surface area contributed by atoms with Gasteiger partial charge < -0.3 is 147 Å². The van der Waals surface area contributed by atoms with Crippen molar-refractivity contribution in [2.45, 2.75) is 234 Å². The minimum absolute atomic E-state index is 0.0400.